The van der Waals surface area contributed by atoms with Crippen molar-refractivity contribution in [2.45, 2.75) is 24.6 Å². The molecule has 0 spiro atoms. The Hall–Kier alpha value is -1.26. The number of rotatable bonds is 5. The number of hydrogen-bond acceptors (Lipinski definition) is 4. The van der Waals surface area contributed by atoms with Crippen LogP contribution in [0.4, 0.5) is 5.95 Å². The third kappa shape index (κ3) is 4.11. The smallest absolute Gasteiger partial charge is 0.223 e. The highest BCUT2D eigenvalue weighted by atomic mass is 35.5. The lowest BCUT2D eigenvalue weighted by molar-refractivity contribution is 1.01. The number of halogens is 1. The summed E-state index contributed by atoms with van der Waals surface area (Å²) < 4.78 is 0. The van der Waals surface area contributed by atoms with Crippen molar-refractivity contribution in [1.29, 1.82) is 0 Å². The first kappa shape index (κ1) is 14.2. The molecule has 5 heteroatoms. The molecule has 0 atom stereocenters. The van der Waals surface area contributed by atoms with E-state index >= 15 is 0 Å². The number of aryl methyl sites for hydroxylation is 1. The number of nitrogens with zero attached hydrogens (tertiary/aromatic N) is 2. The quantitative estimate of drug-likeness (QED) is 0.663. The Morgan fingerprint density at radius 3 is 2.95 bits per heavy atom. The maximum absolute atomic E-state index is 6.12. The van der Waals surface area contributed by atoms with Gasteiger partial charge in [-0.25, -0.2) is 9.97 Å². The van der Waals surface area contributed by atoms with E-state index in [9.17, 15) is 0 Å². The fraction of sp³-hybridized carbons (Fsp3) is 0.286. The number of hydrogen-bond donors (Lipinski definition) is 1. The molecule has 0 aliphatic heterocycles. The molecule has 0 radical (unpaired) electrons. The van der Waals surface area contributed by atoms with Gasteiger partial charge >= 0.3 is 0 Å². The van der Waals surface area contributed by atoms with Crippen molar-refractivity contribution >= 4 is 29.3 Å². The Balaban J connectivity index is 2.08. The van der Waals surface area contributed by atoms with Crippen LogP contribution in [0.25, 0.3) is 0 Å². The molecule has 0 aliphatic rings. The van der Waals surface area contributed by atoms with Crippen LogP contribution < -0.4 is 5.32 Å². The molecule has 1 heterocycles. The van der Waals surface area contributed by atoms with Gasteiger partial charge < -0.3 is 5.32 Å². The van der Waals surface area contributed by atoms with Crippen LogP contribution in [0, 0.1) is 6.92 Å². The van der Waals surface area contributed by atoms with Crippen LogP contribution in [0.15, 0.2) is 35.5 Å². The van der Waals surface area contributed by atoms with Gasteiger partial charge in [0, 0.05) is 12.3 Å². The summed E-state index contributed by atoms with van der Waals surface area (Å²) in [5.41, 5.74) is 2.53. The number of aromatic nitrogens is 2. The van der Waals surface area contributed by atoms with E-state index in [1.54, 1.807) is 18.0 Å². The first-order chi connectivity index (χ1) is 9.19. The van der Waals surface area contributed by atoms with E-state index in [-0.39, 0.29) is 0 Å². The largest absolute Gasteiger partial charge is 0.354 e. The zero-order valence-electron chi connectivity index (χ0n) is 11.0. The predicted molar refractivity (Wildman–Crippen MR) is 81.9 cm³/mol. The van der Waals surface area contributed by atoms with Gasteiger partial charge in [-0.3, -0.25) is 0 Å². The summed E-state index contributed by atoms with van der Waals surface area (Å²) in [5, 5.41) is 4.50. The second kappa shape index (κ2) is 6.78. The number of nitrogens with one attached hydrogen (secondary N) is 1. The van der Waals surface area contributed by atoms with Gasteiger partial charge in [0.25, 0.3) is 0 Å². The zero-order chi connectivity index (χ0) is 13.7. The fourth-order valence-corrected chi connectivity index (χ4v) is 2.73. The minimum Gasteiger partial charge on any atom is -0.354 e. The Morgan fingerprint density at radius 2 is 2.21 bits per heavy atom. The number of benzene rings is 1. The summed E-state index contributed by atoms with van der Waals surface area (Å²) in [6, 6.07) is 8.44. The second-order valence-corrected chi connectivity index (χ2v) is 5.53. The Bertz CT molecular complexity index is 560. The van der Waals surface area contributed by atoms with Crippen molar-refractivity contribution in [3.63, 3.8) is 0 Å². The van der Waals surface area contributed by atoms with E-state index < -0.39 is 0 Å². The van der Waals surface area contributed by atoms with Crippen molar-refractivity contribution in [3.8, 4) is 0 Å². The molecule has 2 rings (SSSR count). The molecule has 0 saturated heterocycles. The molecule has 0 saturated carbocycles. The Morgan fingerprint density at radius 1 is 1.37 bits per heavy atom. The predicted octanol–water partition coefficient (Wildman–Crippen LogP) is 4.16. The molecule has 0 unspecified atom stereocenters. The van der Waals surface area contributed by atoms with Gasteiger partial charge in [0.2, 0.25) is 5.95 Å². The van der Waals surface area contributed by atoms with Crippen LogP contribution in [-0.4, -0.2) is 16.5 Å². The van der Waals surface area contributed by atoms with E-state index in [2.05, 4.69) is 46.5 Å². The van der Waals surface area contributed by atoms with Crippen molar-refractivity contribution < 1.29 is 0 Å². The lowest BCUT2D eigenvalue weighted by atomic mass is 10.2. The van der Waals surface area contributed by atoms with Crippen LogP contribution in [0.2, 0.25) is 5.02 Å². The van der Waals surface area contributed by atoms with Gasteiger partial charge in [0.15, 0.2) is 0 Å². The van der Waals surface area contributed by atoms with Crippen LogP contribution in [0.3, 0.4) is 0 Å². The van der Waals surface area contributed by atoms with Crippen LogP contribution in [0.1, 0.15) is 18.1 Å². The van der Waals surface area contributed by atoms with E-state index in [1.165, 1.54) is 11.1 Å². The molecule has 0 fully saturated rings. The first-order valence-electron chi connectivity index (χ1n) is 6.14. The maximum Gasteiger partial charge on any atom is 0.223 e. The molecule has 1 N–H and O–H groups in total. The molecule has 100 valence electrons. The maximum atomic E-state index is 6.12. The summed E-state index contributed by atoms with van der Waals surface area (Å²) in [6.07, 6.45) is 1.64. The second-order valence-electron chi connectivity index (χ2n) is 4.15. The molecule has 1 aromatic heterocycles. The summed E-state index contributed by atoms with van der Waals surface area (Å²) in [7, 11) is 0. The third-order valence-corrected chi connectivity index (χ3v) is 3.96. The Labute approximate surface area is 122 Å². The molecule has 2 aromatic rings. The third-order valence-electron chi connectivity index (χ3n) is 2.50. The topological polar surface area (TPSA) is 37.8 Å². The fourth-order valence-electron chi connectivity index (χ4n) is 1.65. The van der Waals surface area contributed by atoms with Gasteiger partial charge in [0.1, 0.15) is 5.03 Å². The Kier molecular flexibility index (Phi) is 5.05. The normalized spacial score (nSPS) is 10.5. The molecule has 0 amide bonds. The molecule has 19 heavy (non-hydrogen) atoms. The molecular formula is C14H16ClN3S. The van der Waals surface area contributed by atoms with Crippen LogP contribution in [-0.2, 0) is 5.75 Å². The SMILES string of the molecule is CCNc1ncc(Cl)c(SCc2cccc(C)c2)n1. The van der Waals surface area contributed by atoms with E-state index in [1.807, 2.05) is 6.92 Å². The van der Waals surface area contributed by atoms with Gasteiger partial charge in [-0.05, 0) is 19.4 Å². The molecule has 0 bridgehead atoms. The average Bonchev–Trinajstić information content (AvgIpc) is 2.40. The van der Waals surface area contributed by atoms with Crippen LogP contribution in [0.5, 0.6) is 0 Å². The van der Waals surface area contributed by atoms with Crippen molar-refractivity contribution in [1.82, 2.24) is 9.97 Å². The van der Waals surface area contributed by atoms with E-state index in [4.69, 9.17) is 11.6 Å². The minimum absolute atomic E-state index is 0.597. The van der Waals surface area contributed by atoms with Gasteiger partial charge in [-0.2, -0.15) is 0 Å². The molecule has 0 aliphatic carbocycles. The standard InChI is InChI=1S/C14H16ClN3S/c1-3-16-14-17-8-12(15)13(18-14)19-9-11-6-4-5-10(2)7-11/h4-8H,3,9H2,1-2H3,(H,16,17,18). The minimum atomic E-state index is 0.597. The summed E-state index contributed by atoms with van der Waals surface area (Å²) in [6.45, 7) is 4.90. The highest BCUT2D eigenvalue weighted by molar-refractivity contribution is 7.98. The van der Waals surface area contributed by atoms with Gasteiger partial charge in [-0.15, -0.1) is 0 Å². The van der Waals surface area contributed by atoms with E-state index in [0.29, 0.717) is 11.0 Å². The summed E-state index contributed by atoms with van der Waals surface area (Å²) in [5.74, 6) is 1.47. The highest BCUT2D eigenvalue weighted by Gasteiger charge is 2.06. The van der Waals surface area contributed by atoms with Crippen molar-refractivity contribution in [3.05, 3.63) is 46.6 Å². The molecule has 3 nitrogen and oxygen atoms in total. The van der Waals surface area contributed by atoms with Crippen molar-refractivity contribution in [2.75, 3.05) is 11.9 Å². The highest BCUT2D eigenvalue weighted by Crippen LogP contribution is 2.28. The average molecular weight is 294 g/mol. The number of thioether (sulfide) groups is 1. The molecule has 1 aromatic carbocycles. The van der Waals surface area contributed by atoms with Gasteiger partial charge in [-0.1, -0.05) is 53.2 Å². The monoisotopic (exact) mass is 293 g/mol. The summed E-state index contributed by atoms with van der Waals surface area (Å²) in [4.78, 5) is 8.54. The van der Waals surface area contributed by atoms with E-state index in [0.717, 1.165) is 17.3 Å². The van der Waals surface area contributed by atoms with Gasteiger partial charge in [0.05, 0.1) is 11.2 Å². The lowest BCUT2D eigenvalue weighted by Crippen LogP contribution is -2.02. The zero-order valence-corrected chi connectivity index (χ0v) is 12.6. The lowest BCUT2D eigenvalue weighted by Gasteiger charge is -2.07. The van der Waals surface area contributed by atoms with Crippen LogP contribution >= 0.6 is 23.4 Å². The summed E-state index contributed by atoms with van der Waals surface area (Å²) >= 11 is 7.75. The molecular weight excluding hydrogens is 278 g/mol. The first-order valence-corrected chi connectivity index (χ1v) is 7.50. The van der Waals surface area contributed by atoms with Crippen molar-refractivity contribution in [2.24, 2.45) is 0 Å². The number of anilines is 1.